The number of benzene rings is 3. The second-order valence-corrected chi connectivity index (χ2v) is 7.16. The van der Waals surface area contributed by atoms with E-state index in [-0.39, 0.29) is 24.6 Å². The Bertz CT molecular complexity index is 1130. The van der Waals surface area contributed by atoms with E-state index in [0.717, 1.165) is 34.4 Å². The number of hydrogen-bond donors (Lipinski definition) is 2. The van der Waals surface area contributed by atoms with E-state index < -0.39 is 23.4 Å². The van der Waals surface area contributed by atoms with E-state index in [1.807, 2.05) is 24.3 Å². The summed E-state index contributed by atoms with van der Waals surface area (Å²) in [6.45, 7) is 0.485. The van der Waals surface area contributed by atoms with Gasteiger partial charge in [-0.15, -0.1) is 0 Å². The minimum Gasteiger partial charge on any atom is -0.449 e. The fourth-order valence-electron chi connectivity index (χ4n) is 3.70. The third kappa shape index (κ3) is 4.36. The van der Waals surface area contributed by atoms with Gasteiger partial charge in [0.25, 0.3) is 0 Å². The predicted molar refractivity (Wildman–Crippen MR) is 115 cm³/mol. The van der Waals surface area contributed by atoms with Crippen LogP contribution < -0.4 is 11.1 Å². The summed E-state index contributed by atoms with van der Waals surface area (Å²) in [7, 11) is 0. The van der Waals surface area contributed by atoms with Crippen molar-refractivity contribution in [1.82, 2.24) is 5.32 Å². The van der Waals surface area contributed by atoms with Gasteiger partial charge in [0.15, 0.2) is 0 Å². The van der Waals surface area contributed by atoms with Crippen LogP contribution in [-0.2, 0) is 4.74 Å². The first kappa shape index (κ1) is 20.4. The molecule has 0 heterocycles. The summed E-state index contributed by atoms with van der Waals surface area (Å²) >= 11 is 0. The molecule has 6 heteroatoms. The Kier molecular flexibility index (Phi) is 5.85. The Labute approximate surface area is 179 Å². The van der Waals surface area contributed by atoms with E-state index in [1.54, 1.807) is 0 Å². The summed E-state index contributed by atoms with van der Waals surface area (Å²) in [5, 5.41) is 2.64. The van der Waals surface area contributed by atoms with Crippen LogP contribution in [0.4, 0.5) is 19.3 Å². The average Bonchev–Trinajstić information content (AvgIpc) is 3.09. The number of nitrogens with one attached hydrogen (secondary N) is 1. The van der Waals surface area contributed by atoms with Gasteiger partial charge in [-0.3, -0.25) is 0 Å². The van der Waals surface area contributed by atoms with Gasteiger partial charge >= 0.3 is 6.09 Å². The van der Waals surface area contributed by atoms with Crippen molar-refractivity contribution >= 4 is 11.8 Å². The zero-order valence-electron chi connectivity index (χ0n) is 16.6. The normalized spacial score (nSPS) is 11.8. The van der Waals surface area contributed by atoms with Crippen LogP contribution in [0.1, 0.15) is 29.0 Å². The van der Waals surface area contributed by atoms with Gasteiger partial charge in [0.1, 0.15) is 23.9 Å². The Hall–Kier alpha value is -3.85. The van der Waals surface area contributed by atoms with Crippen LogP contribution in [0.5, 0.6) is 0 Å². The van der Waals surface area contributed by atoms with Crippen molar-refractivity contribution in [3.05, 3.63) is 89.0 Å². The largest absolute Gasteiger partial charge is 0.449 e. The molecule has 0 saturated carbocycles. The van der Waals surface area contributed by atoms with Gasteiger partial charge in [-0.2, -0.15) is 0 Å². The molecule has 0 bridgehead atoms. The number of amides is 1. The molecule has 31 heavy (non-hydrogen) atoms. The lowest BCUT2D eigenvalue weighted by atomic mass is 9.98. The van der Waals surface area contributed by atoms with E-state index >= 15 is 0 Å². The minimum absolute atomic E-state index is 0.00625. The molecule has 1 aliphatic rings. The maximum Gasteiger partial charge on any atom is 0.407 e. The Morgan fingerprint density at radius 2 is 1.58 bits per heavy atom. The van der Waals surface area contributed by atoms with Crippen LogP contribution in [0.3, 0.4) is 0 Å². The molecule has 0 saturated heterocycles. The number of alkyl carbamates (subject to hydrolysis) is 1. The summed E-state index contributed by atoms with van der Waals surface area (Å²) in [6.07, 6.45) is -0.231. The van der Waals surface area contributed by atoms with Crippen molar-refractivity contribution in [2.75, 3.05) is 18.9 Å². The van der Waals surface area contributed by atoms with E-state index in [9.17, 15) is 13.6 Å². The smallest absolute Gasteiger partial charge is 0.407 e. The number of carbonyl (C=O) groups is 1. The minimum atomic E-state index is -0.846. The zero-order valence-corrected chi connectivity index (χ0v) is 16.6. The molecule has 3 aromatic carbocycles. The first-order valence-corrected chi connectivity index (χ1v) is 9.87. The van der Waals surface area contributed by atoms with E-state index in [1.165, 1.54) is 0 Å². The summed E-state index contributed by atoms with van der Waals surface area (Å²) in [6, 6.07) is 18.4. The number of ether oxygens (including phenoxy) is 1. The second kappa shape index (κ2) is 8.88. The van der Waals surface area contributed by atoms with Gasteiger partial charge in [0.05, 0.1) is 0 Å². The third-order valence-corrected chi connectivity index (χ3v) is 5.17. The highest BCUT2D eigenvalue weighted by Gasteiger charge is 2.28. The molecule has 1 aliphatic carbocycles. The van der Waals surface area contributed by atoms with Crippen LogP contribution in [-0.4, -0.2) is 19.2 Å². The van der Waals surface area contributed by atoms with Crippen LogP contribution in [0.25, 0.3) is 11.1 Å². The Balaban J connectivity index is 1.29. The number of nitrogen functional groups attached to an aromatic ring is 1. The van der Waals surface area contributed by atoms with E-state index in [0.29, 0.717) is 6.42 Å². The van der Waals surface area contributed by atoms with E-state index in [2.05, 4.69) is 41.4 Å². The first-order valence-electron chi connectivity index (χ1n) is 9.87. The first-order chi connectivity index (χ1) is 15.0. The fourth-order valence-corrected chi connectivity index (χ4v) is 3.70. The number of carbonyl (C=O) groups excluding carboxylic acids is 1. The average molecular weight is 418 g/mol. The molecule has 0 fully saturated rings. The molecular weight excluding hydrogens is 398 g/mol. The number of fused-ring (bicyclic) bond motifs is 3. The lowest BCUT2D eigenvalue weighted by Crippen LogP contribution is -2.26. The summed E-state index contributed by atoms with van der Waals surface area (Å²) in [5.74, 6) is 3.71. The van der Waals surface area contributed by atoms with Crippen LogP contribution in [0.2, 0.25) is 0 Å². The standard InChI is InChI=1S/C25H20F2N2O2/c26-22-13-16(14-23(27)24(22)28)7-5-6-12-29-25(30)31-15-21-19-10-3-1-8-17(19)18-9-2-4-11-20(18)21/h1-4,8-11,13-14,21H,6,12,15,28H2,(H,29,30). The van der Waals surface area contributed by atoms with Crippen molar-refractivity contribution in [2.45, 2.75) is 12.3 Å². The molecule has 0 aromatic heterocycles. The molecule has 1 amide bonds. The Morgan fingerprint density at radius 3 is 2.19 bits per heavy atom. The van der Waals surface area contributed by atoms with E-state index in [4.69, 9.17) is 10.5 Å². The van der Waals surface area contributed by atoms with Crippen molar-refractivity contribution in [1.29, 1.82) is 0 Å². The van der Waals surface area contributed by atoms with Crippen molar-refractivity contribution < 1.29 is 18.3 Å². The fraction of sp³-hybridized carbons (Fsp3) is 0.160. The molecule has 0 aliphatic heterocycles. The molecule has 3 aromatic rings. The number of halogens is 2. The summed E-state index contributed by atoms with van der Waals surface area (Å²) in [4.78, 5) is 12.1. The van der Waals surface area contributed by atoms with Gasteiger partial charge in [0, 0.05) is 24.4 Å². The highest BCUT2D eigenvalue weighted by Crippen LogP contribution is 2.44. The summed E-state index contributed by atoms with van der Waals surface area (Å²) < 4.78 is 32.3. The molecule has 156 valence electrons. The monoisotopic (exact) mass is 418 g/mol. The van der Waals surface area contributed by atoms with Gasteiger partial charge < -0.3 is 15.8 Å². The predicted octanol–water partition coefficient (Wildman–Crippen LogP) is 4.83. The highest BCUT2D eigenvalue weighted by molar-refractivity contribution is 5.79. The van der Waals surface area contributed by atoms with Crippen molar-refractivity contribution in [3.63, 3.8) is 0 Å². The molecular formula is C25H20F2N2O2. The summed E-state index contributed by atoms with van der Waals surface area (Å²) in [5.41, 5.74) is 9.50. The molecule has 0 radical (unpaired) electrons. The number of rotatable bonds is 4. The molecule has 4 nitrogen and oxygen atoms in total. The van der Waals surface area contributed by atoms with Gasteiger partial charge in [-0.25, -0.2) is 13.6 Å². The number of hydrogen-bond acceptors (Lipinski definition) is 3. The lowest BCUT2D eigenvalue weighted by Gasteiger charge is -2.14. The zero-order chi connectivity index (χ0) is 21.8. The SMILES string of the molecule is Nc1c(F)cc(C#CCCNC(=O)OCC2c3ccccc3-c3ccccc32)cc1F. The highest BCUT2D eigenvalue weighted by atomic mass is 19.1. The molecule has 0 spiro atoms. The van der Waals surface area contributed by atoms with Gasteiger partial charge in [-0.1, -0.05) is 60.4 Å². The topological polar surface area (TPSA) is 64.3 Å². The maximum atomic E-state index is 13.4. The molecule has 4 rings (SSSR count). The lowest BCUT2D eigenvalue weighted by molar-refractivity contribution is 0.143. The molecule has 0 unspecified atom stereocenters. The molecule has 0 atom stereocenters. The van der Waals surface area contributed by atoms with Gasteiger partial charge in [0.2, 0.25) is 0 Å². The maximum absolute atomic E-state index is 13.4. The Morgan fingerprint density at radius 1 is 1.00 bits per heavy atom. The number of nitrogens with two attached hydrogens (primary N) is 1. The van der Waals surface area contributed by atoms with Crippen LogP contribution in [0.15, 0.2) is 60.7 Å². The van der Waals surface area contributed by atoms with Crippen molar-refractivity contribution in [3.8, 4) is 23.0 Å². The third-order valence-electron chi connectivity index (χ3n) is 5.17. The van der Waals surface area contributed by atoms with Crippen molar-refractivity contribution in [2.24, 2.45) is 0 Å². The van der Waals surface area contributed by atoms with Crippen LogP contribution in [0, 0.1) is 23.5 Å². The van der Waals surface area contributed by atoms with Crippen LogP contribution >= 0.6 is 0 Å². The molecule has 3 N–H and O–H groups in total. The quantitative estimate of drug-likeness (QED) is 0.363. The number of anilines is 1. The van der Waals surface area contributed by atoms with Gasteiger partial charge in [-0.05, 0) is 34.4 Å². The second-order valence-electron chi connectivity index (χ2n) is 7.16.